The van der Waals surface area contributed by atoms with Crippen molar-refractivity contribution in [3.8, 4) is 0 Å². The molecule has 0 heterocycles. The van der Waals surface area contributed by atoms with E-state index in [1.54, 1.807) is 0 Å². The molecule has 0 aromatic heterocycles. The molecule has 0 aliphatic heterocycles. The van der Waals surface area contributed by atoms with Crippen molar-refractivity contribution in [2.75, 3.05) is 23.7 Å². The van der Waals surface area contributed by atoms with Crippen molar-refractivity contribution in [3.63, 3.8) is 0 Å². The highest BCUT2D eigenvalue weighted by Crippen LogP contribution is 2.20. The fourth-order valence-corrected chi connectivity index (χ4v) is 3.35. The zero-order valence-electron chi connectivity index (χ0n) is 16.9. The van der Waals surface area contributed by atoms with E-state index in [2.05, 4.69) is 76.4 Å². The van der Waals surface area contributed by atoms with Crippen molar-refractivity contribution < 1.29 is 0 Å². The van der Waals surface area contributed by atoms with Crippen LogP contribution in [0.15, 0.2) is 24.3 Å². The third-order valence-corrected chi connectivity index (χ3v) is 4.84. The Balaban J connectivity index is 2.42. The van der Waals surface area contributed by atoms with E-state index < -0.39 is 0 Å². The van der Waals surface area contributed by atoms with Gasteiger partial charge in [0.15, 0.2) is 0 Å². The first-order valence-corrected chi connectivity index (χ1v) is 10.0. The Bertz CT molecular complexity index is 381. The Labute approximate surface area is 150 Å². The number of hydrogen-bond donors (Lipinski definition) is 2. The summed E-state index contributed by atoms with van der Waals surface area (Å²) in [5, 5.41) is 7.21. The summed E-state index contributed by atoms with van der Waals surface area (Å²) in [5.74, 6) is 3.09. The Hall–Kier alpha value is -1.18. The molecule has 0 spiro atoms. The smallest absolute Gasteiger partial charge is 0.0341 e. The quantitative estimate of drug-likeness (QED) is 0.447. The lowest BCUT2D eigenvalue weighted by Crippen LogP contribution is -2.16. The monoisotopic (exact) mass is 332 g/mol. The molecular formula is C22H40N2. The number of benzene rings is 1. The van der Waals surface area contributed by atoms with Gasteiger partial charge in [-0.3, -0.25) is 0 Å². The molecule has 0 aliphatic carbocycles. The maximum Gasteiger partial charge on any atom is 0.0341 e. The molecule has 1 rings (SSSR count). The summed E-state index contributed by atoms with van der Waals surface area (Å²) >= 11 is 0. The van der Waals surface area contributed by atoms with Crippen molar-refractivity contribution in [1.29, 1.82) is 0 Å². The molecule has 0 amide bonds. The summed E-state index contributed by atoms with van der Waals surface area (Å²) in [6.45, 7) is 16.0. The van der Waals surface area contributed by atoms with Crippen LogP contribution in [-0.2, 0) is 0 Å². The highest BCUT2D eigenvalue weighted by Gasteiger charge is 2.10. The van der Waals surface area contributed by atoms with E-state index >= 15 is 0 Å². The van der Waals surface area contributed by atoms with Crippen molar-refractivity contribution in [2.24, 2.45) is 23.7 Å². The van der Waals surface area contributed by atoms with Gasteiger partial charge in [0.2, 0.25) is 0 Å². The standard InChI is InChI=1S/C22H40N2/c1-7-19(13-17(3)4)15-23-21-9-11-22(12-10-21)24-16-20(8-2)14-18(5)6/h9-12,17-20,23-24H,7-8,13-16H2,1-6H3. The van der Waals surface area contributed by atoms with Crippen LogP contribution in [0.5, 0.6) is 0 Å². The average molecular weight is 333 g/mol. The van der Waals surface area contributed by atoms with Crippen LogP contribution in [0.25, 0.3) is 0 Å². The van der Waals surface area contributed by atoms with Crippen LogP contribution in [0, 0.1) is 23.7 Å². The van der Waals surface area contributed by atoms with Crippen molar-refractivity contribution in [2.45, 2.75) is 67.2 Å². The van der Waals surface area contributed by atoms with Crippen molar-refractivity contribution in [1.82, 2.24) is 0 Å². The number of nitrogens with one attached hydrogen (secondary N) is 2. The second-order valence-electron chi connectivity index (χ2n) is 8.15. The molecule has 0 saturated heterocycles. The third kappa shape index (κ3) is 8.61. The number of anilines is 2. The lowest BCUT2D eigenvalue weighted by molar-refractivity contribution is 0.415. The minimum atomic E-state index is 0.768. The minimum Gasteiger partial charge on any atom is -0.385 e. The molecule has 1 aromatic rings. The van der Waals surface area contributed by atoms with Crippen LogP contribution in [0.4, 0.5) is 11.4 Å². The van der Waals surface area contributed by atoms with E-state index in [4.69, 9.17) is 0 Å². The molecule has 2 atom stereocenters. The maximum absolute atomic E-state index is 3.60. The van der Waals surface area contributed by atoms with Gasteiger partial charge in [0.1, 0.15) is 0 Å². The Kier molecular flexibility index (Phi) is 9.90. The van der Waals surface area contributed by atoms with Crippen LogP contribution in [0.2, 0.25) is 0 Å². The van der Waals surface area contributed by atoms with Gasteiger partial charge in [0.25, 0.3) is 0 Å². The van der Waals surface area contributed by atoms with Gasteiger partial charge in [-0.15, -0.1) is 0 Å². The molecule has 2 unspecified atom stereocenters. The van der Waals surface area contributed by atoms with Crippen LogP contribution in [0.1, 0.15) is 67.2 Å². The molecule has 24 heavy (non-hydrogen) atoms. The van der Waals surface area contributed by atoms with Crippen LogP contribution < -0.4 is 10.6 Å². The van der Waals surface area contributed by atoms with Gasteiger partial charge in [-0.05, 0) is 60.8 Å². The zero-order chi connectivity index (χ0) is 17.9. The van der Waals surface area contributed by atoms with Gasteiger partial charge >= 0.3 is 0 Å². The molecule has 2 nitrogen and oxygen atoms in total. The summed E-state index contributed by atoms with van der Waals surface area (Å²) in [6.07, 6.45) is 5.10. The van der Waals surface area contributed by atoms with E-state index in [-0.39, 0.29) is 0 Å². The molecule has 0 fully saturated rings. The molecule has 2 N–H and O–H groups in total. The fourth-order valence-electron chi connectivity index (χ4n) is 3.35. The maximum atomic E-state index is 3.60. The SMILES string of the molecule is CCC(CNc1ccc(NCC(CC)CC(C)C)cc1)CC(C)C. The largest absolute Gasteiger partial charge is 0.385 e. The van der Waals surface area contributed by atoms with Crippen LogP contribution in [0.3, 0.4) is 0 Å². The Morgan fingerprint density at radius 2 is 1.00 bits per heavy atom. The number of hydrogen-bond acceptors (Lipinski definition) is 2. The van der Waals surface area contributed by atoms with E-state index in [0.717, 1.165) is 36.8 Å². The molecule has 0 bridgehead atoms. The van der Waals surface area contributed by atoms with Gasteiger partial charge in [0.05, 0.1) is 0 Å². The third-order valence-electron chi connectivity index (χ3n) is 4.84. The van der Waals surface area contributed by atoms with Gasteiger partial charge in [-0.1, -0.05) is 54.4 Å². The first-order valence-electron chi connectivity index (χ1n) is 10.0. The van der Waals surface area contributed by atoms with E-state index in [0.29, 0.717) is 0 Å². The van der Waals surface area contributed by atoms with E-state index in [1.165, 1.54) is 37.1 Å². The summed E-state index contributed by atoms with van der Waals surface area (Å²) in [6, 6.07) is 8.81. The van der Waals surface area contributed by atoms with Crippen LogP contribution >= 0.6 is 0 Å². The highest BCUT2D eigenvalue weighted by atomic mass is 14.9. The molecular weight excluding hydrogens is 292 g/mol. The first-order chi connectivity index (χ1) is 11.4. The van der Waals surface area contributed by atoms with Gasteiger partial charge < -0.3 is 10.6 Å². The number of rotatable bonds is 12. The zero-order valence-corrected chi connectivity index (χ0v) is 16.9. The molecule has 2 heteroatoms. The summed E-state index contributed by atoms with van der Waals surface area (Å²) in [7, 11) is 0. The van der Waals surface area contributed by atoms with E-state index in [1.807, 2.05) is 0 Å². The summed E-state index contributed by atoms with van der Waals surface area (Å²) in [5.41, 5.74) is 2.47. The van der Waals surface area contributed by atoms with Gasteiger partial charge in [0, 0.05) is 24.5 Å². The fraction of sp³-hybridized carbons (Fsp3) is 0.727. The normalized spacial score (nSPS) is 14.0. The Morgan fingerprint density at radius 3 is 1.25 bits per heavy atom. The molecule has 0 radical (unpaired) electrons. The van der Waals surface area contributed by atoms with Crippen LogP contribution in [-0.4, -0.2) is 13.1 Å². The second-order valence-corrected chi connectivity index (χ2v) is 8.15. The predicted molar refractivity (Wildman–Crippen MR) is 110 cm³/mol. The lowest BCUT2D eigenvalue weighted by Gasteiger charge is -2.20. The molecule has 0 saturated carbocycles. The topological polar surface area (TPSA) is 24.1 Å². The lowest BCUT2D eigenvalue weighted by atomic mass is 9.94. The van der Waals surface area contributed by atoms with E-state index in [9.17, 15) is 0 Å². The van der Waals surface area contributed by atoms with Gasteiger partial charge in [-0.2, -0.15) is 0 Å². The average Bonchev–Trinajstić information content (AvgIpc) is 2.55. The highest BCUT2D eigenvalue weighted by molar-refractivity contribution is 5.53. The molecule has 1 aromatic carbocycles. The van der Waals surface area contributed by atoms with Crippen molar-refractivity contribution >= 4 is 11.4 Å². The molecule has 138 valence electrons. The minimum absolute atomic E-state index is 0.768. The molecule has 0 aliphatic rings. The summed E-state index contributed by atoms with van der Waals surface area (Å²) in [4.78, 5) is 0. The first kappa shape index (κ1) is 20.9. The predicted octanol–water partition coefficient (Wildman–Crippen LogP) is 6.66. The Morgan fingerprint density at radius 1 is 0.667 bits per heavy atom. The summed E-state index contributed by atoms with van der Waals surface area (Å²) < 4.78 is 0. The van der Waals surface area contributed by atoms with Gasteiger partial charge in [-0.25, -0.2) is 0 Å². The van der Waals surface area contributed by atoms with Crippen molar-refractivity contribution in [3.05, 3.63) is 24.3 Å². The second kappa shape index (κ2) is 11.4.